The van der Waals surface area contributed by atoms with E-state index < -0.39 is 12.1 Å². The number of rotatable bonds is 8. The first kappa shape index (κ1) is 18.2. The van der Waals surface area contributed by atoms with Gasteiger partial charge in [0.1, 0.15) is 12.1 Å². The number of nitrogens with one attached hydrogen (secondary N) is 4. The normalized spacial score (nSPS) is 24.2. The molecule has 2 heterocycles. The molecule has 4 amide bonds. The van der Waals surface area contributed by atoms with E-state index in [4.69, 9.17) is 0 Å². The number of hydrogen-bond acceptors (Lipinski definition) is 4. The Labute approximate surface area is 141 Å². The summed E-state index contributed by atoms with van der Waals surface area (Å²) in [5.41, 5.74) is 0. The van der Waals surface area contributed by atoms with Crippen molar-refractivity contribution in [1.29, 1.82) is 0 Å². The zero-order valence-electron chi connectivity index (χ0n) is 14.0. The lowest BCUT2D eigenvalue weighted by Gasteiger charge is -2.16. The van der Waals surface area contributed by atoms with Crippen LogP contribution in [-0.4, -0.2) is 48.8 Å². The summed E-state index contributed by atoms with van der Waals surface area (Å²) in [6.07, 6.45) is 3.62. The van der Waals surface area contributed by atoms with Crippen molar-refractivity contribution in [3.05, 3.63) is 0 Å². The first-order valence-electron chi connectivity index (χ1n) is 8.60. The maximum absolute atomic E-state index is 11.9. The quantitative estimate of drug-likeness (QED) is 0.433. The molecule has 0 bridgehead atoms. The van der Waals surface area contributed by atoms with E-state index in [9.17, 15) is 19.2 Å². The topological polar surface area (TPSA) is 116 Å². The Kier molecular flexibility index (Phi) is 6.57. The zero-order valence-corrected chi connectivity index (χ0v) is 14.0. The minimum atomic E-state index is -0.398. The summed E-state index contributed by atoms with van der Waals surface area (Å²) in [5.74, 6) is -0.110. The molecule has 2 rings (SSSR count). The highest BCUT2D eigenvalue weighted by Crippen LogP contribution is 2.09. The summed E-state index contributed by atoms with van der Waals surface area (Å²) in [6.45, 7) is 3.15. The number of amides is 4. The molecule has 2 aliphatic heterocycles. The van der Waals surface area contributed by atoms with E-state index in [0.29, 0.717) is 38.8 Å². The molecule has 0 radical (unpaired) electrons. The SMILES string of the molecule is CC(CCCNC(=O)[C@@H]1CCC(=O)N1)CNC(=O)[C@@H]1CCC(=O)N1. The highest BCUT2D eigenvalue weighted by atomic mass is 16.2. The number of hydrogen-bond donors (Lipinski definition) is 4. The zero-order chi connectivity index (χ0) is 17.5. The van der Waals surface area contributed by atoms with Gasteiger partial charge in [-0.3, -0.25) is 19.2 Å². The fourth-order valence-electron chi connectivity index (χ4n) is 2.91. The molecule has 0 aromatic rings. The molecule has 0 saturated carbocycles. The fourth-order valence-corrected chi connectivity index (χ4v) is 2.91. The van der Waals surface area contributed by atoms with Crippen LogP contribution in [0.25, 0.3) is 0 Å². The van der Waals surface area contributed by atoms with Gasteiger partial charge in [-0.05, 0) is 31.6 Å². The van der Waals surface area contributed by atoms with Gasteiger partial charge in [-0.2, -0.15) is 0 Å². The second-order valence-corrected chi connectivity index (χ2v) is 6.60. The molecular weight excluding hydrogens is 312 g/mol. The van der Waals surface area contributed by atoms with Gasteiger partial charge in [0.15, 0.2) is 0 Å². The molecule has 4 N–H and O–H groups in total. The Hall–Kier alpha value is -2.12. The van der Waals surface area contributed by atoms with E-state index in [2.05, 4.69) is 21.3 Å². The van der Waals surface area contributed by atoms with Crippen LogP contribution < -0.4 is 21.3 Å². The molecular formula is C16H26N4O4. The molecule has 2 saturated heterocycles. The van der Waals surface area contributed by atoms with E-state index in [1.807, 2.05) is 6.92 Å². The third kappa shape index (κ3) is 5.50. The average molecular weight is 338 g/mol. The first-order chi connectivity index (χ1) is 11.5. The van der Waals surface area contributed by atoms with Crippen molar-refractivity contribution in [2.75, 3.05) is 13.1 Å². The fraction of sp³-hybridized carbons (Fsp3) is 0.750. The molecule has 0 aromatic heterocycles. The smallest absolute Gasteiger partial charge is 0.242 e. The van der Waals surface area contributed by atoms with Crippen LogP contribution in [0.4, 0.5) is 0 Å². The second kappa shape index (κ2) is 8.65. The monoisotopic (exact) mass is 338 g/mol. The van der Waals surface area contributed by atoms with Crippen molar-refractivity contribution < 1.29 is 19.2 Å². The molecule has 0 aromatic carbocycles. The van der Waals surface area contributed by atoms with Gasteiger partial charge < -0.3 is 21.3 Å². The van der Waals surface area contributed by atoms with Gasteiger partial charge in [0.25, 0.3) is 0 Å². The Morgan fingerprint density at radius 2 is 1.58 bits per heavy atom. The van der Waals surface area contributed by atoms with Crippen LogP contribution in [0.2, 0.25) is 0 Å². The van der Waals surface area contributed by atoms with Crippen LogP contribution >= 0.6 is 0 Å². The minimum Gasteiger partial charge on any atom is -0.354 e. The van der Waals surface area contributed by atoms with Gasteiger partial charge in [0.05, 0.1) is 0 Å². The first-order valence-corrected chi connectivity index (χ1v) is 8.60. The average Bonchev–Trinajstić information content (AvgIpc) is 3.17. The highest BCUT2D eigenvalue weighted by Gasteiger charge is 2.27. The molecule has 2 aliphatic rings. The largest absolute Gasteiger partial charge is 0.354 e. The molecule has 8 nitrogen and oxygen atoms in total. The summed E-state index contributed by atoms with van der Waals surface area (Å²) < 4.78 is 0. The summed E-state index contributed by atoms with van der Waals surface area (Å²) in [5, 5.41) is 11.0. The highest BCUT2D eigenvalue weighted by molar-refractivity contribution is 5.91. The van der Waals surface area contributed by atoms with Crippen LogP contribution in [0.1, 0.15) is 45.4 Å². The number of carbonyl (C=O) groups excluding carboxylic acids is 4. The maximum atomic E-state index is 11.9. The van der Waals surface area contributed by atoms with Crippen molar-refractivity contribution in [3.8, 4) is 0 Å². The molecule has 134 valence electrons. The minimum absolute atomic E-state index is 0.0713. The van der Waals surface area contributed by atoms with E-state index in [-0.39, 0.29) is 29.5 Å². The lowest BCUT2D eigenvalue weighted by Crippen LogP contribution is -2.43. The van der Waals surface area contributed by atoms with Crippen molar-refractivity contribution in [2.24, 2.45) is 5.92 Å². The van der Waals surface area contributed by atoms with Crippen LogP contribution in [0.5, 0.6) is 0 Å². The Balaban J connectivity index is 1.52. The Morgan fingerprint density at radius 3 is 2.08 bits per heavy atom. The lowest BCUT2D eigenvalue weighted by molar-refractivity contribution is -0.125. The summed E-state index contributed by atoms with van der Waals surface area (Å²) >= 11 is 0. The van der Waals surface area contributed by atoms with E-state index in [1.54, 1.807) is 0 Å². The maximum Gasteiger partial charge on any atom is 0.242 e. The standard InChI is InChI=1S/C16H26N4O4/c1-10(9-18-16(24)12-5-7-14(22)20-12)3-2-8-17-15(23)11-4-6-13(21)19-11/h10-12H,2-9H2,1H3,(H,17,23)(H,18,24)(H,19,21)(H,20,22)/t10?,11-,12-/m0/s1. The third-order valence-electron chi connectivity index (χ3n) is 4.42. The Bertz CT molecular complexity index is 508. The molecule has 2 fully saturated rings. The molecule has 1 unspecified atom stereocenters. The predicted octanol–water partition coefficient (Wildman–Crippen LogP) is -0.808. The summed E-state index contributed by atoms with van der Waals surface area (Å²) in [6, 6.07) is -0.790. The Morgan fingerprint density at radius 1 is 1.04 bits per heavy atom. The summed E-state index contributed by atoms with van der Waals surface area (Å²) in [7, 11) is 0. The van der Waals surface area contributed by atoms with Gasteiger partial charge in [-0.1, -0.05) is 6.92 Å². The van der Waals surface area contributed by atoms with E-state index in [0.717, 1.165) is 12.8 Å². The van der Waals surface area contributed by atoms with Crippen LogP contribution in [0, 0.1) is 5.92 Å². The van der Waals surface area contributed by atoms with Crippen molar-refractivity contribution >= 4 is 23.6 Å². The van der Waals surface area contributed by atoms with E-state index in [1.165, 1.54) is 0 Å². The van der Waals surface area contributed by atoms with Crippen molar-refractivity contribution in [3.63, 3.8) is 0 Å². The molecule has 0 spiro atoms. The third-order valence-corrected chi connectivity index (χ3v) is 4.42. The molecule has 0 aliphatic carbocycles. The second-order valence-electron chi connectivity index (χ2n) is 6.60. The van der Waals surface area contributed by atoms with Crippen LogP contribution in [0.3, 0.4) is 0 Å². The van der Waals surface area contributed by atoms with Gasteiger partial charge in [-0.25, -0.2) is 0 Å². The predicted molar refractivity (Wildman–Crippen MR) is 86.7 cm³/mol. The van der Waals surface area contributed by atoms with Gasteiger partial charge in [-0.15, -0.1) is 0 Å². The number of carbonyl (C=O) groups is 4. The lowest BCUT2D eigenvalue weighted by atomic mass is 10.1. The van der Waals surface area contributed by atoms with E-state index >= 15 is 0 Å². The van der Waals surface area contributed by atoms with Crippen LogP contribution in [-0.2, 0) is 19.2 Å². The van der Waals surface area contributed by atoms with Crippen LogP contribution in [0.15, 0.2) is 0 Å². The van der Waals surface area contributed by atoms with Crippen molar-refractivity contribution in [2.45, 2.75) is 57.5 Å². The van der Waals surface area contributed by atoms with Gasteiger partial charge >= 0.3 is 0 Å². The van der Waals surface area contributed by atoms with Gasteiger partial charge in [0, 0.05) is 25.9 Å². The molecule has 3 atom stereocenters. The van der Waals surface area contributed by atoms with Gasteiger partial charge in [0.2, 0.25) is 23.6 Å². The molecule has 24 heavy (non-hydrogen) atoms. The van der Waals surface area contributed by atoms with Crippen molar-refractivity contribution in [1.82, 2.24) is 21.3 Å². The summed E-state index contributed by atoms with van der Waals surface area (Å²) in [4.78, 5) is 45.8. The molecule has 8 heteroatoms.